The Morgan fingerprint density at radius 2 is 2.00 bits per heavy atom. The quantitative estimate of drug-likeness (QED) is 0.358. The smallest absolute Gasteiger partial charge is 0.406 e. The molecule has 1 amide bonds. The third-order valence-corrected chi connectivity index (χ3v) is 5.04. The summed E-state index contributed by atoms with van der Waals surface area (Å²) < 4.78 is 42.4. The Hall–Kier alpha value is -3.35. The maximum atomic E-state index is 12.3. The Balaban J connectivity index is 1.43. The van der Waals surface area contributed by atoms with Gasteiger partial charge < -0.3 is 10.1 Å². The number of Topliss-reactive ketones (excluding diaryl/α,β-unsaturated/α-hetero) is 1. The largest absolute Gasteiger partial charge is 0.573 e. The van der Waals surface area contributed by atoms with Crippen LogP contribution in [0.5, 0.6) is 5.75 Å². The molecule has 2 aromatic heterocycles. The molecule has 0 unspecified atom stereocenters. The molecule has 9 nitrogen and oxygen atoms in total. The van der Waals surface area contributed by atoms with Gasteiger partial charge in [-0.25, -0.2) is 0 Å². The summed E-state index contributed by atoms with van der Waals surface area (Å²) in [5.74, 6) is -0.948. The zero-order chi connectivity index (χ0) is 23.1. The molecule has 3 aromatic rings. The van der Waals surface area contributed by atoms with E-state index in [1.165, 1.54) is 30.4 Å². The molecular formula is C19H19F3N6O3S. The zero-order valence-electron chi connectivity index (χ0n) is 16.9. The van der Waals surface area contributed by atoms with Gasteiger partial charge in [0.15, 0.2) is 5.78 Å². The van der Waals surface area contributed by atoms with Gasteiger partial charge in [0.25, 0.3) is 0 Å². The van der Waals surface area contributed by atoms with E-state index in [1.807, 2.05) is 0 Å². The Labute approximate surface area is 184 Å². The van der Waals surface area contributed by atoms with Crippen molar-refractivity contribution in [2.45, 2.75) is 45.5 Å². The van der Waals surface area contributed by atoms with Gasteiger partial charge in [-0.15, -0.1) is 28.5 Å². The van der Waals surface area contributed by atoms with Crippen LogP contribution in [-0.2, 0) is 24.2 Å². The number of amides is 1. The molecule has 32 heavy (non-hydrogen) atoms. The summed E-state index contributed by atoms with van der Waals surface area (Å²) in [5, 5.41) is 19.3. The molecule has 0 aliphatic carbocycles. The lowest BCUT2D eigenvalue weighted by molar-refractivity contribution is -0.274. The van der Waals surface area contributed by atoms with E-state index in [2.05, 4.69) is 30.6 Å². The van der Waals surface area contributed by atoms with Crippen LogP contribution in [-0.4, -0.2) is 43.2 Å². The minimum Gasteiger partial charge on any atom is -0.406 e. The Kier molecular flexibility index (Phi) is 7.51. The van der Waals surface area contributed by atoms with Gasteiger partial charge in [-0.2, -0.15) is 0 Å². The van der Waals surface area contributed by atoms with Crippen molar-refractivity contribution in [3.63, 3.8) is 0 Å². The number of alkyl halides is 3. The van der Waals surface area contributed by atoms with E-state index in [4.69, 9.17) is 0 Å². The van der Waals surface area contributed by atoms with Crippen LogP contribution in [0.4, 0.5) is 18.3 Å². The van der Waals surface area contributed by atoms with Crippen molar-refractivity contribution < 1.29 is 27.5 Å². The molecule has 1 aromatic carbocycles. The number of aromatic nitrogens is 5. The van der Waals surface area contributed by atoms with Crippen molar-refractivity contribution in [1.29, 1.82) is 0 Å². The van der Waals surface area contributed by atoms with E-state index in [9.17, 15) is 22.8 Å². The molecule has 0 aliphatic rings. The number of ether oxygens (including phenoxy) is 1. The van der Waals surface area contributed by atoms with Crippen LogP contribution < -0.4 is 10.1 Å². The highest BCUT2D eigenvalue weighted by molar-refractivity contribution is 7.15. The first-order valence-corrected chi connectivity index (χ1v) is 10.4. The molecule has 2 heterocycles. The second-order valence-corrected chi connectivity index (χ2v) is 7.86. The number of benzene rings is 1. The van der Waals surface area contributed by atoms with Crippen LogP contribution in [0.1, 0.15) is 40.8 Å². The first kappa shape index (κ1) is 23.3. The third kappa shape index (κ3) is 7.41. The van der Waals surface area contributed by atoms with Gasteiger partial charge in [0.2, 0.25) is 11.0 Å². The zero-order valence-corrected chi connectivity index (χ0v) is 17.7. The topological polar surface area (TPSA) is 112 Å². The fourth-order valence-corrected chi connectivity index (χ4v) is 3.52. The first-order valence-electron chi connectivity index (χ1n) is 9.56. The maximum Gasteiger partial charge on any atom is 0.573 e. The Bertz CT molecular complexity index is 1080. The van der Waals surface area contributed by atoms with Gasteiger partial charge in [0.05, 0.1) is 12.6 Å². The molecule has 170 valence electrons. The Morgan fingerprint density at radius 1 is 1.19 bits per heavy atom. The van der Waals surface area contributed by atoms with E-state index >= 15 is 0 Å². The standard InChI is InChI=1S/C19H19F3N6O3S/c1-12(29)15-11-28(27-24-15)8-3-2-7-17-25-26-18(32-17)23-16(30)10-13-5-4-6-14(9-13)31-19(20,21)22/h4-6,9,11H,2-3,7-8,10H2,1H3,(H,23,26,30). The predicted octanol–water partition coefficient (Wildman–Crippen LogP) is 3.43. The number of carbonyl (C=O) groups is 2. The number of halogens is 3. The highest BCUT2D eigenvalue weighted by atomic mass is 32.1. The number of aryl methyl sites for hydroxylation is 2. The minimum absolute atomic E-state index is 0.135. The fraction of sp³-hybridized carbons (Fsp3) is 0.368. The summed E-state index contributed by atoms with van der Waals surface area (Å²) in [6.07, 6.45) is -1.09. The van der Waals surface area contributed by atoms with Gasteiger partial charge in [-0.1, -0.05) is 28.7 Å². The van der Waals surface area contributed by atoms with Crippen LogP contribution in [0.25, 0.3) is 0 Å². The lowest BCUT2D eigenvalue weighted by atomic mass is 10.1. The molecule has 1 N–H and O–H groups in total. The van der Waals surface area contributed by atoms with Gasteiger partial charge in [0.1, 0.15) is 16.5 Å². The molecular weight excluding hydrogens is 449 g/mol. The van der Waals surface area contributed by atoms with Crippen LogP contribution in [0, 0.1) is 0 Å². The highest BCUT2D eigenvalue weighted by Gasteiger charge is 2.31. The van der Waals surface area contributed by atoms with Gasteiger partial charge in [-0.05, 0) is 30.5 Å². The first-order chi connectivity index (χ1) is 15.2. The lowest BCUT2D eigenvalue weighted by Gasteiger charge is -2.09. The van der Waals surface area contributed by atoms with Crippen molar-refractivity contribution in [3.05, 3.63) is 46.7 Å². The number of rotatable bonds is 10. The lowest BCUT2D eigenvalue weighted by Crippen LogP contribution is -2.17. The van der Waals surface area contributed by atoms with Crippen molar-refractivity contribution in [3.8, 4) is 5.75 Å². The van der Waals surface area contributed by atoms with Crippen LogP contribution in [0.3, 0.4) is 0 Å². The summed E-state index contributed by atoms with van der Waals surface area (Å²) in [4.78, 5) is 23.4. The normalized spacial score (nSPS) is 11.4. The van der Waals surface area contributed by atoms with Gasteiger partial charge >= 0.3 is 6.36 Å². The van der Waals surface area contributed by atoms with E-state index in [-0.39, 0.29) is 18.0 Å². The van der Waals surface area contributed by atoms with Crippen molar-refractivity contribution in [2.24, 2.45) is 0 Å². The van der Waals surface area contributed by atoms with E-state index in [0.717, 1.165) is 30.0 Å². The van der Waals surface area contributed by atoms with Crippen LogP contribution in [0.2, 0.25) is 0 Å². The number of ketones is 1. The molecule has 0 fully saturated rings. The van der Waals surface area contributed by atoms with Crippen molar-refractivity contribution in [2.75, 3.05) is 5.32 Å². The van der Waals surface area contributed by atoms with Crippen molar-refractivity contribution >= 4 is 28.2 Å². The summed E-state index contributed by atoms with van der Waals surface area (Å²) >= 11 is 1.23. The second kappa shape index (κ2) is 10.3. The number of carbonyl (C=O) groups excluding carboxylic acids is 2. The fourth-order valence-electron chi connectivity index (χ4n) is 2.73. The van der Waals surface area contributed by atoms with E-state index < -0.39 is 12.3 Å². The van der Waals surface area contributed by atoms with Crippen LogP contribution >= 0.6 is 11.3 Å². The summed E-state index contributed by atoms with van der Waals surface area (Å²) in [5.41, 5.74) is 0.698. The molecule has 0 spiro atoms. The predicted molar refractivity (Wildman–Crippen MR) is 108 cm³/mol. The summed E-state index contributed by atoms with van der Waals surface area (Å²) in [6, 6.07) is 5.24. The number of anilines is 1. The Morgan fingerprint density at radius 3 is 2.72 bits per heavy atom. The monoisotopic (exact) mass is 468 g/mol. The number of nitrogens with one attached hydrogen (secondary N) is 1. The van der Waals surface area contributed by atoms with Crippen molar-refractivity contribution in [1.82, 2.24) is 25.2 Å². The maximum absolute atomic E-state index is 12.3. The molecule has 3 rings (SSSR count). The highest BCUT2D eigenvalue weighted by Crippen LogP contribution is 2.24. The molecule has 0 bridgehead atoms. The molecule has 0 radical (unpaired) electrons. The summed E-state index contributed by atoms with van der Waals surface area (Å²) in [6.45, 7) is 2.04. The van der Waals surface area contributed by atoms with Crippen LogP contribution in [0.15, 0.2) is 30.5 Å². The number of hydrogen-bond donors (Lipinski definition) is 1. The number of unbranched alkanes of at least 4 members (excludes halogenated alkanes) is 1. The number of nitrogens with zero attached hydrogens (tertiary/aromatic N) is 5. The van der Waals surface area contributed by atoms with Gasteiger partial charge in [-0.3, -0.25) is 14.3 Å². The molecule has 0 saturated heterocycles. The average molecular weight is 468 g/mol. The third-order valence-electron chi connectivity index (χ3n) is 4.14. The average Bonchev–Trinajstić information content (AvgIpc) is 3.33. The SMILES string of the molecule is CC(=O)c1cn(CCCCc2nnc(NC(=O)Cc3cccc(OC(F)(F)F)c3)s2)nn1. The number of hydrogen-bond acceptors (Lipinski definition) is 8. The van der Waals surface area contributed by atoms with Gasteiger partial charge in [0, 0.05) is 19.9 Å². The van der Waals surface area contributed by atoms with E-state index in [0.29, 0.717) is 29.4 Å². The second-order valence-electron chi connectivity index (χ2n) is 6.80. The molecule has 13 heteroatoms. The summed E-state index contributed by atoms with van der Waals surface area (Å²) in [7, 11) is 0. The molecule has 0 aliphatic heterocycles. The molecule has 0 atom stereocenters. The van der Waals surface area contributed by atoms with E-state index in [1.54, 1.807) is 10.9 Å². The molecule has 0 saturated carbocycles. The minimum atomic E-state index is -4.80.